The molecular weight excluding hydrogens is 170 g/mol. The van der Waals surface area contributed by atoms with E-state index >= 15 is 0 Å². The number of carbonyl (C=O) groups excluding carboxylic acids is 1. The minimum atomic E-state index is -0.656. The molecule has 0 aromatic carbocycles. The van der Waals surface area contributed by atoms with Crippen LogP contribution in [0.1, 0.15) is 20.3 Å². The van der Waals surface area contributed by atoms with E-state index in [0.29, 0.717) is 6.29 Å². The van der Waals surface area contributed by atoms with Crippen molar-refractivity contribution in [3.8, 4) is 0 Å². The first-order valence-electron chi connectivity index (χ1n) is 4.66. The molecule has 1 saturated heterocycles. The Kier molecular flexibility index (Phi) is 3.41. The molecule has 13 heavy (non-hydrogen) atoms. The summed E-state index contributed by atoms with van der Waals surface area (Å²) in [5, 5.41) is 9.69. The summed E-state index contributed by atoms with van der Waals surface area (Å²) in [6.45, 7) is 3.85. The van der Waals surface area contributed by atoms with E-state index < -0.39 is 18.2 Å². The van der Waals surface area contributed by atoms with Crippen molar-refractivity contribution in [2.45, 2.75) is 44.6 Å². The third kappa shape index (κ3) is 1.90. The van der Waals surface area contributed by atoms with E-state index in [2.05, 4.69) is 0 Å². The highest BCUT2D eigenvalue weighted by Gasteiger charge is 2.39. The molecule has 1 aliphatic heterocycles. The molecule has 1 fully saturated rings. The van der Waals surface area contributed by atoms with Crippen LogP contribution in [0.25, 0.3) is 0 Å². The number of carbonyl (C=O) groups is 1. The quantitative estimate of drug-likeness (QED) is 0.581. The van der Waals surface area contributed by atoms with E-state index in [0.717, 1.165) is 6.42 Å². The van der Waals surface area contributed by atoms with Gasteiger partial charge in [-0.2, -0.15) is 0 Å². The average molecular weight is 187 g/mol. The monoisotopic (exact) mass is 187 g/mol. The number of aliphatic hydroxyl groups is 1. The van der Waals surface area contributed by atoms with Crippen LogP contribution in [0.15, 0.2) is 0 Å². The van der Waals surface area contributed by atoms with E-state index in [1.165, 1.54) is 0 Å². The standard InChI is InChI=1S/C9H17NO3/c1-3-6-5(2)9(12)8(10)7(4-11)13-6/h4-9,12H,3,10H2,1-2H3/t5-,6?,7+,8?,9?/m1/s1. The Bertz CT molecular complexity index is 184. The van der Waals surface area contributed by atoms with E-state index in [4.69, 9.17) is 10.5 Å². The smallest absolute Gasteiger partial charge is 0.150 e. The summed E-state index contributed by atoms with van der Waals surface area (Å²) in [4.78, 5) is 10.6. The van der Waals surface area contributed by atoms with Gasteiger partial charge in [0.05, 0.1) is 18.2 Å². The van der Waals surface area contributed by atoms with Crippen molar-refractivity contribution in [3.63, 3.8) is 0 Å². The summed E-state index contributed by atoms with van der Waals surface area (Å²) >= 11 is 0. The molecule has 3 N–H and O–H groups in total. The summed E-state index contributed by atoms with van der Waals surface area (Å²) in [6, 6.07) is -0.588. The minimum absolute atomic E-state index is 0.00352. The average Bonchev–Trinajstić information content (AvgIpc) is 2.15. The molecule has 0 bridgehead atoms. The van der Waals surface area contributed by atoms with Gasteiger partial charge in [-0.3, -0.25) is 0 Å². The molecule has 4 nitrogen and oxygen atoms in total. The highest BCUT2D eigenvalue weighted by Crippen LogP contribution is 2.25. The van der Waals surface area contributed by atoms with Crippen molar-refractivity contribution < 1.29 is 14.6 Å². The van der Waals surface area contributed by atoms with Crippen LogP contribution in [0, 0.1) is 5.92 Å². The predicted octanol–water partition coefficient (Wildman–Crippen LogP) is -0.313. The largest absolute Gasteiger partial charge is 0.391 e. The normalized spacial score (nSPS) is 46.0. The Balaban J connectivity index is 2.71. The zero-order valence-corrected chi connectivity index (χ0v) is 8.01. The van der Waals surface area contributed by atoms with Gasteiger partial charge in [0, 0.05) is 5.92 Å². The summed E-state index contributed by atoms with van der Waals surface area (Å²) in [5.74, 6) is -0.00352. The summed E-state index contributed by atoms with van der Waals surface area (Å²) in [5.41, 5.74) is 5.63. The van der Waals surface area contributed by atoms with Crippen LogP contribution >= 0.6 is 0 Å². The van der Waals surface area contributed by atoms with Crippen LogP contribution in [-0.2, 0) is 9.53 Å². The second-order valence-electron chi connectivity index (χ2n) is 3.61. The van der Waals surface area contributed by atoms with E-state index in [9.17, 15) is 9.90 Å². The maximum absolute atomic E-state index is 10.6. The number of aliphatic hydroxyl groups excluding tert-OH is 1. The molecule has 4 heteroatoms. The third-order valence-corrected chi connectivity index (χ3v) is 2.77. The van der Waals surface area contributed by atoms with Gasteiger partial charge in [0.15, 0.2) is 0 Å². The number of rotatable bonds is 2. The van der Waals surface area contributed by atoms with Gasteiger partial charge in [-0.25, -0.2) is 0 Å². The van der Waals surface area contributed by atoms with E-state index in [1.54, 1.807) is 0 Å². The zero-order chi connectivity index (χ0) is 10.0. The Hall–Kier alpha value is -0.450. The topological polar surface area (TPSA) is 72.5 Å². The number of hydrogen-bond donors (Lipinski definition) is 2. The van der Waals surface area contributed by atoms with Crippen LogP contribution in [0.4, 0.5) is 0 Å². The molecule has 3 unspecified atom stereocenters. The molecule has 0 amide bonds. The molecule has 0 aliphatic carbocycles. The predicted molar refractivity (Wildman–Crippen MR) is 48.2 cm³/mol. The Morgan fingerprint density at radius 3 is 2.69 bits per heavy atom. The van der Waals surface area contributed by atoms with Crippen LogP contribution in [0.3, 0.4) is 0 Å². The molecular formula is C9H17NO3. The zero-order valence-electron chi connectivity index (χ0n) is 8.01. The number of aldehydes is 1. The Morgan fingerprint density at radius 2 is 2.23 bits per heavy atom. The second kappa shape index (κ2) is 4.17. The molecule has 0 saturated carbocycles. The van der Waals surface area contributed by atoms with Crippen molar-refractivity contribution in [1.29, 1.82) is 0 Å². The van der Waals surface area contributed by atoms with Gasteiger partial charge in [-0.05, 0) is 6.42 Å². The molecule has 0 radical (unpaired) electrons. The SMILES string of the molecule is CCC1O[C@@H](C=O)C(N)C(O)[C@@H]1C. The molecule has 76 valence electrons. The van der Waals surface area contributed by atoms with Crippen molar-refractivity contribution in [2.75, 3.05) is 0 Å². The van der Waals surface area contributed by atoms with Crippen molar-refractivity contribution >= 4 is 6.29 Å². The molecule has 0 aromatic heterocycles. The number of nitrogens with two attached hydrogens (primary N) is 1. The van der Waals surface area contributed by atoms with Gasteiger partial charge in [0.1, 0.15) is 12.4 Å². The Morgan fingerprint density at radius 1 is 1.62 bits per heavy atom. The fourth-order valence-electron chi connectivity index (χ4n) is 1.77. The van der Waals surface area contributed by atoms with Crippen LogP contribution in [0.5, 0.6) is 0 Å². The lowest BCUT2D eigenvalue weighted by Crippen LogP contribution is -2.58. The molecule has 5 atom stereocenters. The summed E-state index contributed by atoms with van der Waals surface area (Å²) in [7, 11) is 0. The van der Waals surface area contributed by atoms with Crippen LogP contribution < -0.4 is 5.73 Å². The number of ether oxygens (including phenoxy) is 1. The first-order valence-corrected chi connectivity index (χ1v) is 4.66. The van der Waals surface area contributed by atoms with Gasteiger partial charge in [-0.1, -0.05) is 13.8 Å². The van der Waals surface area contributed by atoms with Gasteiger partial charge in [0.25, 0.3) is 0 Å². The van der Waals surface area contributed by atoms with Gasteiger partial charge in [-0.15, -0.1) is 0 Å². The third-order valence-electron chi connectivity index (χ3n) is 2.77. The van der Waals surface area contributed by atoms with Crippen LogP contribution in [0.2, 0.25) is 0 Å². The highest BCUT2D eigenvalue weighted by atomic mass is 16.5. The molecule has 1 rings (SSSR count). The first kappa shape index (κ1) is 10.6. The summed E-state index contributed by atoms with van der Waals surface area (Å²) in [6.07, 6.45) is 0.0904. The van der Waals surface area contributed by atoms with Crippen LogP contribution in [-0.4, -0.2) is 35.7 Å². The van der Waals surface area contributed by atoms with E-state index in [-0.39, 0.29) is 12.0 Å². The highest BCUT2D eigenvalue weighted by molar-refractivity contribution is 5.58. The van der Waals surface area contributed by atoms with Crippen molar-refractivity contribution in [2.24, 2.45) is 11.7 Å². The lowest BCUT2D eigenvalue weighted by molar-refractivity contribution is -0.154. The van der Waals surface area contributed by atoms with Gasteiger partial charge < -0.3 is 20.4 Å². The Labute approximate surface area is 78.1 Å². The molecule has 0 spiro atoms. The van der Waals surface area contributed by atoms with Crippen molar-refractivity contribution in [1.82, 2.24) is 0 Å². The first-order chi connectivity index (χ1) is 6.11. The van der Waals surface area contributed by atoms with E-state index in [1.807, 2.05) is 13.8 Å². The fraction of sp³-hybridized carbons (Fsp3) is 0.889. The molecule has 1 heterocycles. The minimum Gasteiger partial charge on any atom is -0.391 e. The number of hydrogen-bond acceptors (Lipinski definition) is 4. The van der Waals surface area contributed by atoms with Gasteiger partial charge >= 0.3 is 0 Å². The second-order valence-corrected chi connectivity index (χ2v) is 3.61. The lowest BCUT2D eigenvalue weighted by atomic mass is 9.86. The maximum atomic E-state index is 10.6. The van der Waals surface area contributed by atoms with Crippen molar-refractivity contribution in [3.05, 3.63) is 0 Å². The molecule has 1 aliphatic rings. The lowest BCUT2D eigenvalue weighted by Gasteiger charge is -2.40. The summed E-state index contributed by atoms with van der Waals surface area (Å²) < 4.78 is 5.43. The fourth-order valence-corrected chi connectivity index (χ4v) is 1.77. The molecule has 0 aromatic rings. The maximum Gasteiger partial charge on any atom is 0.150 e. The van der Waals surface area contributed by atoms with Gasteiger partial charge in [0.2, 0.25) is 0 Å².